The van der Waals surface area contributed by atoms with Crippen molar-refractivity contribution in [3.8, 4) is 5.75 Å². The molecule has 6 nitrogen and oxygen atoms in total. The number of anilines is 3. The number of nitrogen functional groups attached to an aromatic ring is 1. The predicted molar refractivity (Wildman–Crippen MR) is 103 cm³/mol. The van der Waals surface area contributed by atoms with E-state index >= 15 is 0 Å². The molecule has 1 unspecified atom stereocenters. The molecule has 1 saturated heterocycles. The van der Waals surface area contributed by atoms with Crippen molar-refractivity contribution in [3.63, 3.8) is 0 Å². The van der Waals surface area contributed by atoms with E-state index in [0.717, 1.165) is 22.9 Å². The molecule has 3 N–H and O–H groups in total. The van der Waals surface area contributed by atoms with Crippen LogP contribution in [0.5, 0.6) is 5.75 Å². The first-order valence-electron chi connectivity index (χ1n) is 8.78. The summed E-state index contributed by atoms with van der Waals surface area (Å²) in [4.78, 5) is 8.67. The zero-order valence-corrected chi connectivity index (χ0v) is 15.3. The third-order valence-electron chi connectivity index (χ3n) is 4.69. The molecule has 140 valence electrons. The van der Waals surface area contributed by atoms with Crippen molar-refractivity contribution in [1.82, 2.24) is 9.97 Å². The Hall–Kier alpha value is -2.93. The van der Waals surface area contributed by atoms with Gasteiger partial charge < -0.3 is 20.5 Å². The van der Waals surface area contributed by atoms with Gasteiger partial charge in [-0.2, -0.15) is 0 Å². The van der Waals surface area contributed by atoms with Crippen LogP contribution in [0.4, 0.5) is 21.6 Å². The minimum atomic E-state index is -0.484. The average molecular weight is 368 g/mol. The van der Waals surface area contributed by atoms with Gasteiger partial charge in [-0.05, 0) is 43.7 Å². The van der Waals surface area contributed by atoms with E-state index in [4.69, 9.17) is 15.2 Å². The molecule has 0 spiro atoms. The third-order valence-corrected chi connectivity index (χ3v) is 4.69. The fourth-order valence-corrected chi connectivity index (χ4v) is 3.32. The molecule has 2 heterocycles. The number of hydrogen-bond donors (Lipinski definition) is 2. The first kappa shape index (κ1) is 17.5. The number of aromatic nitrogens is 2. The second-order valence-corrected chi connectivity index (χ2v) is 7.07. The summed E-state index contributed by atoms with van der Waals surface area (Å²) in [5, 5.41) is 4.13. The maximum Gasteiger partial charge on any atom is 0.146 e. The van der Waals surface area contributed by atoms with E-state index in [9.17, 15) is 4.39 Å². The summed E-state index contributed by atoms with van der Waals surface area (Å²) in [6, 6.07) is 8.07. The van der Waals surface area contributed by atoms with Crippen LogP contribution >= 0.6 is 0 Å². The van der Waals surface area contributed by atoms with Crippen LogP contribution in [0.3, 0.4) is 0 Å². The lowest BCUT2D eigenvalue weighted by Crippen LogP contribution is -2.32. The monoisotopic (exact) mass is 368 g/mol. The maximum absolute atomic E-state index is 13.9. The Morgan fingerprint density at radius 1 is 1.26 bits per heavy atom. The third kappa shape index (κ3) is 3.50. The van der Waals surface area contributed by atoms with Crippen LogP contribution in [0.1, 0.15) is 18.9 Å². The SMILES string of the molecule is Cc1cc(N)cc2ncnc(Nc3ccc(F)cc3OC3(C)CCOC3)c12. The predicted octanol–water partition coefficient (Wildman–Crippen LogP) is 3.96. The molecule has 27 heavy (non-hydrogen) atoms. The molecular weight excluding hydrogens is 347 g/mol. The van der Waals surface area contributed by atoms with Crippen molar-refractivity contribution < 1.29 is 13.9 Å². The first-order chi connectivity index (χ1) is 12.9. The topological polar surface area (TPSA) is 82.3 Å². The zero-order chi connectivity index (χ0) is 19.0. The summed E-state index contributed by atoms with van der Waals surface area (Å²) in [6.45, 7) is 5.01. The Bertz CT molecular complexity index is 1000. The molecule has 0 amide bonds. The molecule has 0 saturated carbocycles. The number of nitrogens with zero attached hydrogens (tertiary/aromatic N) is 2. The smallest absolute Gasteiger partial charge is 0.146 e. The largest absolute Gasteiger partial charge is 0.483 e. The number of hydrogen-bond acceptors (Lipinski definition) is 6. The standard InChI is InChI=1S/C20H21FN4O2/c1-12-7-14(22)9-16-18(12)19(24-11-23-16)25-15-4-3-13(21)8-17(15)27-20(2)5-6-26-10-20/h3-4,7-9,11H,5-6,10,22H2,1-2H3,(H,23,24,25). The molecule has 7 heteroatoms. The van der Waals surface area contributed by atoms with E-state index < -0.39 is 5.60 Å². The fraction of sp³-hybridized carbons (Fsp3) is 0.300. The number of nitrogens with one attached hydrogen (secondary N) is 1. The van der Waals surface area contributed by atoms with E-state index in [1.54, 1.807) is 12.1 Å². The van der Waals surface area contributed by atoms with Crippen molar-refractivity contribution in [2.75, 3.05) is 24.3 Å². The summed E-state index contributed by atoms with van der Waals surface area (Å²) >= 11 is 0. The molecule has 4 rings (SSSR count). The maximum atomic E-state index is 13.9. The first-order valence-corrected chi connectivity index (χ1v) is 8.78. The van der Waals surface area contributed by atoms with Crippen molar-refractivity contribution in [2.24, 2.45) is 0 Å². The number of rotatable bonds is 4. The second kappa shape index (κ2) is 6.66. The van der Waals surface area contributed by atoms with Gasteiger partial charge in [-0.3, -0.25) is 0 Å². The van der Waals surface area contributed by atoms with E-state index in [1.165, 1.54) is 18.5 Å². The van der Waals surface area contributed by atoms with Crippen molar-refractivity contribution in [1.29, 1.82) is 0 Å². The van der Waals surface area contributed by atoms with Gasteiger partial charge in [-0.1, -0.05) is 0 Å². The molecule has 0 bridgehead atoms. The highest BCUT2D eigenvalue weighted by molar-refractivity contribution is 5.95. The van der Waals surface area contributed by atoms with Crippen LogP contribution in [-0.2, 0) is 4.74 Å². The van der Waals surface area contributed by atoms with E-state index in [0.29, 0.717) is 36.2 Å². The minimum absolute atomic E-state index is 0.366. The Balaban J connectivity index is 1.74. The lowest BCUT2D eigenvalue weighted by molar-refractivity contribution is 0.0668. The summed E-state index contributed by atoms with van der Waals surface area (Å²) in [5.74, 6) is 0.666. The molecule has 2 aromatic carbocycles. The minimum Gasteiger partial charge on any atom is -0.483 e. The zero-order valence-electron chi connectivity index (χ0n) is 15.3. The van der Waals surface area contributed by atoms with Gasteiger partial charge in [0.2, 0.25) is 0 Å². The number of halogens is 1. The fourth-order valence-electron chi connectivity index (χ4n) is 3.32. The van der Waals surface area contributed by atoms with Crippen LogP contribution in [0.25, 0.3) is 10.9 Å². The van der Waals surface area contributed by atoms with E-state index in [2.05, 4.69) is 15.3 Å². The van der Waals surface area contributed by atoms with Gasteiger partial charge >= 0.3 is 0 Å². The summed E-state index contributed by atoms with van der Waals surface area (Å²) in [7, 11) is 0. The van der Waals surface area contributed by atoms with Crippen molar-refractivity contribution in [2.45, 2.75) is 25.9 Å². The summed E-state index contributed by atoms with van der Waals surface area (Å²) < 4.78 is 25.4. The van der Waals surface area contributed by atoms with Crippen molar-refractivity contribution in [3.05, 3.63) is 48.0 Å². The van der Waals surface area contributed by atoms with Crippen LogP contribution in [0.15, 0.2) is 36.7 Å². The van der Waals surface area contributed by atoms with Crippen LogP contribution in [0, 0.1) is 12.7 Å². The normalized spacial score (nSPS) is 19.4. The van der Waals surface area contributed by atoms with Crippen LogP contribution in [0.2, 0.25) is 0 Å². The van der Waals surface area contributed by atoms with Gasteiger partial charge in [0.15, 0.2) is 0 Å². The number of benzene rings is 2. The highest BCUT2D eigenvalue weighted by Crippen LogP contribution is 2.35. The quantitative estimate of drug-likeness (QED) is 0.678. The Morgan fingerprint density at radius 2 is 2.11 bits per heavy atom. The van der Waals surface area contributed by atoms with Crippen LogP contribution < -0.4 is 15.8 Å². The Labute approximate surface area is 156 Å². The molecule has 0 radical (unpaired) electrons. The van der Waals surface area contributed by atoms with Gasteiger partial charge in [0.1, 0.15) is 29.3 Å². The molecule has 1 fully saturated rings. The van der Waals surface area contributed by atoms with Crippen molar-refractivity contribution >= 4 is 28.1 Å². The highest BCUT2D eigenvalue weighted by atomic mass is 19.1. The number of aryl methyl sites for hydroxylation is 1. The second-order valence-electron chi connectivity index (χ2n) is 7.07. The number of nitrogens with two attached hydrogens (primary N) is 1. The molecule has 3 aromatic rings. The van der Waals surface area contributed by atoms with Gasteiger partial charge in [-0.15, -0.1) is 0 Å². The molecule has 1 aliphatic rings. The lowest BCUT2D eigenvalue weighted by Gasteiger charge is -2.26. The highest BCUT2D eigenvalue weighted by Gasteiger charge is 2.32. The van der Waals surface area contributed by atoms with Gasteiger partial charge in [-0.25, -0.2) is 14.4 Å². The van der Waals surface area contributed by atoms with Gasteiger partial charge in [0.05, 0.1) is 24.4 Å². The average Bonchev–Trinajstić information content (AvgIpc) is 3.03. The molecule has 0 aliphatic carbocycles. The van der Waals surface area contributed by atoms with Gasteiger partial charge in [0, 0.05) is 23.6 Å². The van der Waals surface area contributed by atoms with E-state index in [1.807, 2.05) is 19.9 Å². The van der Waals surface area contributed by atoms with E-state index in [-0.39, 0.29) is 5.82 Å². The molecule has 1 aliphatic heterocycles. The number of fused-ring (bicyclic) bond motifs is 1. The molecular formula is C20H21FN4O2. The summed E-state index contributed by atoms with van der Waals surface area (Å²) in [6.07, 6.45) is 2.22. The van der Waals surface area contributed by atoms with Crippen LogP contribution in [-0.4, -0.2) is 28.8 Å². The molecule has 1 atom stereocenters. The number of ether oxygens (including phenoxy) is 2. The molecule has 1 aromatic heterocycles. The summed E-state index contributed by atoms with van der Waals surface area (Å²) in [5.41, 5.74) is 8.40. The lowest BCUT2D eigenvalue weighted by atomic mass is 10.1. The Kier molecular flexibility index (Phi) is 4.31. The Morgan fingerprint density at radius 3 is 2.89 bits per heavy atom. The van der Waals surface area contributed by atoms with Gasteiger partial charge in [0.25, 0.3) is 0 Å².